The molecule has 4 aromatic carbocycles. The van der Waals surface area contributed by atoms with Crippen LogP contribution in [0.2, 0.25) is 0 Å². The van der Waals surface area contributed by atoms with Crippen LogP contribution in [-0.4, -0.2) is 11.3 Å². The molecule has 4 rings (SSSR count). The van der Waals surface area contributed by atoms with Crippen LogP contribution >= 0.6 is 18.6 Å². The molecular formula is C29H27Cl2NOTi. The predicted octanol–water partition coefficient (Wildman–Crippen LogP) is 9.15. The number of aromatic hydroxyl groups is 1. The number of hydrogen-bond donors (Lipinski definition) is 1. The van der Waals surface area contributed by atoms with Crippen LogP contribution in [0.4, 0.5) is 5.69 Å². The number of benzene rings is 4. The van der Waals surface area contributed by atoms with E-state index < -0.39 is 17.0 Å². The Labute approximate surface area is 219 Å². The summed E-state index contributed by atoms with van der Waals surface area (Å²) in [5.41, 5.74) is 7.14. The van der Waals surface area contributed by atoms with E-state index >= 15 is 0 Å². The Bertz CT molecular complexity index is 1220. The summed E-state index contributed by atoms with van der Waals surface area (Å²) in [5, 5.41) is 10.6. The maximum absolute atomic E-state index is 10.6. The molecule has 0 heterocycles. The van der Waals surface area contributed by atoms with E-state index in [1.807, 2.05) is 36.4 Å². The first-order chi connectivity index (χ1) is 16.3. The summed E-state index contributed by atoms with van der Waals surface area (Å²) in [5.74, 6) is 0.300. The Kier molecular flexibility index (Phi) is 9.56. The van der Waals surface area contributed by atoms with Crippen molar-refractivity contribution in [2.75, 3.05) is 0 Å². The zero-order chi connectivity index (χ0) is 24.6. The van der Waals surface area contributed by atoms with Crippen LogP contribution in [0.15, 0.2) is 102 Å². The van der Waals surface area contributed by atoms with E-state index in [1.54, 1.807) is 6.21 Å². The fourth-order valence-corrected chi connectivity index (χ4v) is 3.64. The summed E-state index contributed by atoms with van der Waals surface area (Å²) in [6.45, 7) is 6.27. The molecule has 0 radical (unpaired) electrons. The van der Waals surface area contributed by atoms with Gasteiger partial charge in [-0.3, -0.25) is 4.99 Å². The van der Waals surface area contributed by atoms with Crippen LogP contribution < -0.4 is 0 Å². The Balaban J connectivity index is 0.00000103. The average Bonchev–Trinajstić information content (AvgIpc) is 2.84. The van der Waals surface area contributed by atoms with Crippen LogP contribution in [0, 0.1) is 0 Å². The van der Waals surface area contributed by atoms with E-state index in [2.05, 4.69) is 86.4 Å². The average molecular weight is 524 g/mol. The van der Waals surface area contributed by atoms with Crippen LogP contribution in [0.3, 0.4) is 0 Å². The molecule has 0 aliphatic carbocycles. The zero-order valence-corrected chi connectivity index (χ0v) is 22.5. The molecule has 0 spiro atoms. The molecule has 0 aromatic heterocycles. The van der Waals surface area contributed by atoms with Crippen LogP contribution in [0.1, 0.15) is 31.9 Å². The number of rotatable bonds is 4. The first-order valence-corrected chi connectivity index (χ1v) is 15.2. The number of hydrogen-bond acceptors (Lipinski definition) is 2. The topological polar surface area (TPSA) is 32.6 Å². The number of aliphatic imine (C=N–C) groups is 1. The van der Waals surface area contributed by atoms with Crippen molar-refractivity contribution in [3.8, 4) is 28.0 Å². The van der Waals surface area contributed by atoms with E-state index in [4.69, 9.17) is 18.6 Å². The molecule has 5 heteroatoms. The molecule has 172 valence electrons. The van der Waals surface area contributed by atoms with Gasteiger partial charge in [-0.25, -0.2) is 0 Å². The summed E-state index contributed by atoms with van der Waals surface area (Å²) in [6.07, 6.45) is 1.73. The minimum absolute atomic E-state index is 0.119. The van der Waals surface area contributed by atoms with Crippen LogP contribution in [0.25, 0.3) is 22.3 Å². The van der Waals surface area contributed by atoms with Crippen LogP contribution in [-0.2, 0) is 22.4 Å². The van der Waals surface area contributed by atoms with E-state index in [-0.39, 0.29) is 5.41 Å². The van der Waals surface area contributed by atoms with E-state index in [0.717, 1.165) is 22.4 Å². The summed E-state index contributed by atoms with van der Waals surface area (Å²) in [6, 6.07) is 33.0. The van der Waals surface area contributed by atoms with Crippen molar-refractivity contribution in [3.05, 3.63) is 108 Å². The fraction of sp³-hybridized carbons (Fsp3) is 0.138. The Morgan fingerprint density at radius 2 is 1.15 bits per heavy atom. The monoisotopic (exact) mass is 523 g/mol. The van der Waals surface area contributed by atoms with E-state index in [1.165, 1.54) is 16.7 Å². The third-order valence-electron chi connectivity index (χ3n) is 5.42. The van der Waals surface area contributed by atoms with Crippen molar-refractivity contribution in [1.82, 2.24) is 0 Å². The molecule has 0 unspecified atom stereocenters. The fourth-order valence-electron chi connectivity index (χ4n) is 3.64. The Morgan fingerprint density at radius 1 is 0.676 bits per heavy atom. The Morgan fingerprint density at radius 3 is 1.65 bits per heavy atom. The van der Waals surface area contributed by atoms with E-state index in [9.17, 15) is 5.11 Å². The first kappa shape index (κ1) is 26.3. The summed E-state index contributed by atoms with van der Waals surface area (Å²) < 4.78 is 0. The van der Waals surface area contributed by atoms with Gasteiger partial charge in [-0.1, -0.05) is 99.6 Å². The predicted molar refractivity (Wildman–Crippen MR) is 143 cm³/mol. The van der Waals surface area contributed by atoms with Gasteiger partial charge in [0.05, 0.1) is 5.69 Å². The minimum atomic E-state index is -0.556. The second-order valence-electron chi connectivity index (χ2n) is 8.81. The van der Waals surface area contributed by atoms with Crippen molar-refractivity contribution in [2.24, 2.45) is 4.99 Å². The molecular weight excluding hydrogens is 497 g/mol. The number of halogens is 2. The summed E-state index contributed by atoms with van der Waals surface area (Å²) in [7, 11) is 9.78. The van der Waals surface area contributed by atoms with Gasteiger partial charge in [-0.15, -0.1) is 0 Å². The van der Waals surface area contributed by atoms with Gasteiger partial charge >= 0.3 is 35.6 Å². The second kappa shape index (κ2) is 12.4. The SMILES string of the molecule is CC(C)(C)c1cccc(C=Nc2ccc(-c3ccc(-c4ccccc4)cc3)cc2)c1O.[Cl][Ti][Cl]. The molecule has 0 saturated heterocycles. The van der Waals surface area contributed by atoms with Crippen molar-refractivity contribution in [1.29, 1.82) is 0 Å². The van der Waals surface area contributed by atoms with Gasteiger partial charge < -0.3 is 5.11 Å². The molecule has 0 atom stereocenters. The molecule has 0 fully saturated rings. The van der Waals surface area contributed by atoms with Gasteiger partial charge in [0.2, 0.25) is 0 Å². The molecule has 0 saturated carbocycles. The van der Waals surface area contributed by atoms with E-state index in [0.29, 0.717) is 5.75 Å². The third-order valence-corrected chi connectivity index (χ3v) is 5.42. The Hall–Kier alpha value is -2.36. The van der Waals surface area contributed by atoms with Gasteiger partial charge in [0.1, 0.15) is 5.75 Å². The number of nitrogens with zero attached hydrogens (tertiary/aromatic N) is 1. The molecule has 2 nitrogen and oxygen atoms in total. The van der Waals surface area contributed by atoms with Gasteiger partial charge in [0, 0.05) is 11.8 Å². The van der Waals surface area contributed by atoms with Gasteiger partial charge in [-0.2, -0.15) is 0 Å². The maximum atomic E-state index is 10.6. The molecule has 0 amide bonds. The van der Waals surface area contributed by atoms with Crippen molar-refractivity contribution in [2.45, 2.75) is 26.2 Å². The summed E-state index contributed by atoms with van der Waals surface area (Å²) >= 11 is -0.556. The van der Waals surface area contributed by atoms with Crippen molar-refractivity contribution >= 4 is 30.5 Å². The molecule has 0 aliphatic rings. The van der Waals surface area contributed by atoms with Crippen molar-refractivity contribution < 1.29 is 22.1 Å². The number of phenolic OH excluding ortho intramolecular Hbond substituents is 1. The van der Waals surface area contributed by atoms with Gasteiger partial charge in [0.25, 0.3) is 0 Å². The molecule has 34 heavy (non-hydrogen) atoms. The van der Waals surface area contributed by atoms with Gasteiger partial charge in [-0.05, 0) is 51.4 Å². The molecule has 1 N–H and O–H groups in total. The van der Waals surface area contributed by atoms with Crippen molar-refractivity contribution in [3.63, 3.8) is 0 Å². The zero-order valence-electron chi connectivity index (χ0n) is 19.5. The number of phenols is 1. The molecule has 0 aliphatic heterocycles. The first-order valence-electron chi connectivity index (χ1n) is 10.9. The molecule has 0 bridgehead atoms. The normalized spacial score (nSPS) is 11.1. The third kappa shape index (κ3) is 7.07. The number of para-hydroxylation sites is 1. The van der Waals surface area contributed by atoms with Gasteiger partial charge in [0.15, 0.2) is 0 Å². The van der Waals surface area contributed by atoms with Crippen LogP contribution in [0.5, 0.6) is 5.75 Å². The quantitative estimate of drug-likeness (QED) is 0.210. The molecule has 4 aromatic rings. The summed E-state index contributed by atoms with van der Waals surface area (Å²) in [4.78, 5) is 4.56. The standard InChI is InChI=1S/C29H27NO.2ClH.Ti/c1-29(2,3)27-11-7-10-25(28(27)31)20-30-26-18-16-24(17-19-26)23-14-12-22(13-15-23)21-8-5-4-6-9-21;;;/h4-20,31H,1-3H3;2*1H;/q;;;+2/p-2. The second-order valence-corrected chi connectivity index (χ2v) is 11.4.